The smallest absolute Gasteiger partial charge is 0.419 e. The number of fused-ring (bicyclic) bond motifs is 1. The van der Waals surface area contributed by atoms with Crippen molar-refractivity contribution in [3.05, 3.63) is 29.1 Å². The highest BCUT2D eigenvalue weighted by Gasteiger charge is 2.24. The Labute approximate surface area is 141 Å². The predicted molar refractivity (Wildman–Crippen MR) is 91.5 cm³/mol. The summed E-state index contributed by atoms with van der Waals surface area (Å²) in [7, 11) is 1.32. The van der Waals surface area contributed by atoms with Gasteiger partial charge in [0.2, 0.25) is 0 Å². The molecule has 0 radical (unpaired) electrons. The minimum Gasteiger partial charge on any atom is -0.464 e. The molecule has 0 amide bonds. The molecule has 0 saturated heterocycles. The predicted octanol–water partition coefficient (Wildman–Crippen LogP) is 4.04. The van der Waals surface area contributed by atoms with Gasteiger partial charge in [-0.2, -0.15) is 0 Å². The molecule has 0 spiro atoms. The molecule has 2 rings (SSSR count). The lowest BCUT2D eigenvalue weighted by atomic mass is 10.1. The number of carbonyl (C=O) groups excluding carboxylic acids is 2. The van der Waals surface area contributed by atoms with Gasteiger partial charge in [-0.15, -0.1) is 0 Å². The van der Waals surface area contributed by atoms with Crippen LogP contribution in [0.1, 0.15) is 62.2 Å². The van der Waals surface area contributed by atoms with Crippen molar-refractivity contribution in [1.29, 1.82) is 0 Å². The zero-order chi connectivity index (χ0) is 18.2. The van der Waals surface area contributed by atoms with Crippen molar-refractivity contribution in [3.8, 4) is 0 Å². The Balaban J connectivity index is 2.68. The second-order valence-electron chi connectivity index (χ2n) is 7.10. The molecule has 0 aromatic carbocycles. The van der Waals surface area contributed by atoms with Crippen LogP contribution in [0.5, 0.6) is 0 Å². The van der Waals surface area contributed by atoms with Crippen LogP contribution in [-0.4, -0.2) is 34.3 Å². The first kappa shape index (κ1) is 18.0. The van der Waals surface area contributed by atoms with Crippen molar-refractivity contribution < 1.29 is 19.1 Å². The SMILES string of the molecule is COC(=O)c1nc2c(C(C)C)cn(C(=O)OC(C)(C)C)c2cc1C. The summed E-state index contributed by atoms with van der Waals surface area (Å²) in [5.41, 5.74) is 2.42. The van der Waals surface area contributed by atoms with E-state index in [1.54, 1.807) is 19.2 Å². The molecule has 2 aromatic rings. The Kier molecular flexibility index (Phi) is 4.69. The molecule has 0 unspecified atom stereocenters. The molecule has 0 fully saturated rings. The van der Waals surface area contributed by atoms with E-state index in [1.165, 1.54) is 11.7 Å². The standard InChI is InChI=1S/C18H24N2O4/c1-10(2)12-9-20(17(22)24-18(4,5)6)13-8-11(3)14(16(21)23-7)19-15(12)13/h8-10H,1-7H3. The van der Waals surface area contributed by atoms with E-state index >= 15 is 0 Å². The summed E-state index contributed by atoms with van der Waals surface area (Å²) in [6, 6.07) is 1.77. The van der Waals surface area contributed by atoms with Crippen LogP contribution in [0, 0.1) is 6.92 Å². The van der Waals surface area contributed by atoms with Crippen LogP contribution in [0.3, 0.4) is 0 Å². The summed E-state index contributed by atoms with van der Waals surface area (Å²) < 4.78 is 11.7. The van der Waals surface area contributed by atoms with Crippen LogP contribution in [0.4, 0.5) is 4.79 Å². The van der Waals surface area contributed by atoms with Crippen LogP contribution >= 0.6 is 0 Å². The molecule has 2 heterocycles. The van der Waals surface area contributed by atoms with Crippen molar-refractivity contribution in [3.63, 3.8) is 0 Å². The van der Waals surface area contributed by atoms with E-state index in [0.29, 0.717) is 16.6 Å². The van der Waals surface area contributed by atoms with Gasteiger partial charge >= 0.3 is 12.1 Å². The number of hydrogen-bond acceptors (Lipinski definition) is 5. The average Bonchev–Trinajstić information content (AvgIpc) is 2.82. The molecule has 0 bridgehead atoms. The van der Waals surface area contributed by atoms with Crippen molar-refractivity contribution in [2.75, 3.05) is 7.11 Å². The van der Waals surface area contributed by atoms with Crippen LogP contribution in [0.2, 0.25) is 0 Å². The molecule has 130 valence electrons. The van der Waals surface area contributed by atoms with Gasteiger partial charge in [-0.3, -0.25) is 4.57 Å². The van der Waals surface area contributed by atoms with Crippen molar-refractivity contribution in [2.45, 2.75) is 53.1 Å². The Bertz CT molecular complexity index is 797. The van der Waals surface area contributed by atoms with Crippen LogP contribution < -0.4 is 0 Å². The van der Waals surface area contributed by atoms with Crippen LogP contribution in [0.25, 0.3) is 11.0 Å². The lowest BCUT2D eigenvalue weighted by molar-refractivity contribution is 0.0543. The molecule has 2 aromatic heterocycles. The zero-order valence-electron chi connectivity index (χ0n) is 15.3. The summed E-state index contributed by atoms with van der Waals surface area (Å²) in [6.07, 6.45) is 1.27. The number of aromatic nitrogens is 2. The molecular formula is C18H24N2O4. The maximum Gasteiger partial charge on any atom is 0.419 e. The highest BCUT2D eigenvalue weighted by atomic mass is 16.6. The second kappa shape index (κ2) is 6.26. The van der Waals surface area contributed by atoms with Gasteiger partial charge in [0.15, 0.2) is 5.69 Å². The number of hydrogen-bond donors (Lipinski definition) is 0. The number of rotatable bonds is 2. The monoisotopic (exact) mass is 332 g/mol. The molecule has 0 N–H and O–H groups in total. The molecule has 0 saturated carbocycles. The van der Waals surface area contributed by atoms with Crippen LogP contribution in [-0.2, 0) is 9.47 Å². The number of methoxy groups -OCH3 is 1. The van der Waals surface area contributed by atoms with Crippen molar-refractivity contribution in [1.82, 2.24) is 9.55 Å². The summed E-state index contributed by atoms with van der Waals surface area (Å²) in [5, 5.41) is 0. The third-order valence-corrected chi connectivity index (χ3v) is 3.59. The molecule has 0 aliphatic rings. The fraction of sp³-hybridized carbons (Fsp3) is 0.500. The number of carbonyl (C=O) groups is 2. The quantitative estimate of drug-likeness (QED) is 0.776. The Hall–Kier alpha value is -2.37. The first-order valence-corrected chi connectivity index (χ1v) is 7.89. The number of esters is 1. The highest BCUT2D eigenvalue weighted by Crippen LogP contribution is 2.28. The first-order chi connectivity index (χ1) is 11.0. The number of pyridine rings is 1. The second-order valence-corrected chi connectivity index (χ2v) is 7.10. The summed E-state index contributed by atoms with van der Waals surface area (Å²) in [6.45, 7) is 11.2. The van der Waals surface area contributed by atoms with Gasteiger partial charge in [-0.25, -0.2) is 14.6 Å². The molecule has 6 heteroatoms. The van der Waals surface area contributed by atoms with Gasteiger partial charge in [-0.1, -0.05) is 13.8 Å². The Morgan fingerprint density at radius 3 is 2.38 bits per heavy atom. The minimum absolute atomic E-state index is 0.136. The van der Waals surface area contributed by atoms with Gasteiger partial charge in [-0.05, 0) is 50.8 Å². The van der Waals surface area contributed by atoms with E-state index in [-0.39, 0.29) is 11.6 Å². The van der Waals surface area contributed by atoms with E-state index in [0.717, 1.165) is 5.56 Å². The Morgan fingerprint density at radius 1 is 1.25 bits per heavy atom. The third kappa shape index (κ3) is 3.42. The van der Waals surface area contributed by atoms with Gasteiger partial charge in [0.25, 0.3) is 0 Å². The Morgan fingerprint density at radius 2 is 1.88 bits per heavy atom. The fourth-order valence-electron chi connectivity index (χ4n) is 2.45. The van der Waals surface area contributed by atoms with Gasteiger partial charge < -0.3 is 9.47 Å². The molecular weight excluding hydrogens is 308 g/mol. The highest BCUT2D eigenvalue weighted by molar-refractivity contribution is 5.96. The lowest BCUT2D eigenvalue weighted by Gasteiger charge is -2.19. The van der Waals surface area contributed by atoms with Gasteiger partial charge in [0.05, 0.1) is 18.1 Å². The molecule has 6 nitrogen and oxygen atoms in total. The first-order valence-electron chi connectivity index (χ1n) is 7.89. The topological polar surface area (TPSA) is 70.4 Å². The lowest BCUT2D eigenvalue weighted by Crippen LogP contribution is -2.26. The van der Waals surface area contributed by atoms with Crippen molar-refractivity contribution in [2.24, 2.45) is 0 Å². The number of aryl methyl sites for hydroxylation is 1. The molecule has 0 aliphatic heterocycles. The number of ether oxygens (including phenoxy) is 2. The van der Waals surface area contributed by atoms with Crippen LogP contribution in [0.15, 0.2) is 12.3 Å². The molecule has 0 aliphatic carbocycles. The largest absolute Gasteiger partial charge is 0.464 e. The van der Waals surface area contributed by atoms with Gasteiger partial charge in [0.1, 0.15) is 5.60 Å². The van der Waals surface area contributed by atoms with E-state index in [4.69, 9.17) is 9.47 Å². The average molecular weight is 332 g/mol. The van der Waals surface area contributed by atoms with E-state index in [1.807, 2.05) is 34.6 Å². The van der Waals surface area contributed by atoms with Crippen molar-refractivity contribution >= 4 is 23.1 Å². The summed E-state index contributed by atoms with van der Waals surface area (Å²) >= 11 is 0. The maximum atomic E-state index is 12.5. The molecule has 0 atom stereocenters. The fourth-order valence-corrected chi connectivity index (χ4v) is 2.45. The normalized spacial score (nSPS) is 11.8. The van der Waals surface area contributed by atoms with E-state index in [2.05, 4.69) is 4.98 Å². The van der Waals surface area contributed by atoms with E-state index < -0.39 is 17.7 Å². The summed E-state index contributed by atoms with van der Waals surface area (Å²) in [5.74, 6) is -0.356. The summed E-state index contributed by atoms with van der Waals surface area (Å²) in [4.78, 5) is 28.9. The van der Waals surface area contributed by atoms with Gasteiger partial charge in [0, 0.05) is 6.20 Å². The minimum atomic E-state index is -0.597. The maximum absolute atomic E-state index is 12.5. The van der Waals surface area contributed by atoms with E-state index in [9.17, 15) is 9.59 Å². The third-order valence-electron chi connectivity index (χ3n) is 3.59. The molecule has 24 heavy (non-hydrogen) atoms. The number of nitrogens with zero attached hydrogens (tertiary/aromatic N) is 2. The zero-order valence-corrected chi connectivity index (χ0v) is 15.3.